The van der Waals surface area contributed by atoms with Gasteiger partial charge in [0, 0.05) is 0 Å². The molecule has 17 heavy (non-hydrogen) atoms. The van der Waals surface area contributed by atoms with Crippen molar-refractivity contribution in [3.05, 3.63) is 0 Å². The zero-order chi connectivity index (χ0) is 12.6. The summed E-state index contributed by atoms with van der Waals surface area (Å²) in [5.41, 5.74) is -0.167. The van der Waals surface area contributed by atoms with E-state index >= 15 is 0 Å². The molecule has 1 aliphatic rings. The van der Waals surface area contributed by atoms with Crippen LogP contribution in [0.25, 0.3) is 0 Å². The Bertz CT molecular complexity index is 320. The zero-order valence-corrected chi connectivity index (χ0v) is 10.4. The first-order chi connectivity index (χ1) is 8.20. The molecule has 0 spiro atoms. The van der Waals surface area contributed by atoms with E-state index in [0.29, 0.717) is 6.54 Å². The smallest absolute Gasteiger partial charge is 0.211 e. The van der Waals surface area contributed by atoms with Gasteiger partial charge in [0.05, 0.1) is 12.1 Å². The first-order valence-corrected chi connectivity index (χ1v) is 6.33. The largest absolute Gasteiger partial charge is 0.235 e. The van der Waals surface area contributed by atoms with Crippen molar-refractivity contribution in [3.8, 4) is 0 Å². The standard InChI is InChI=1S/C13H20N2O2/c1-13(15-11-17)7-5-12(6-8-13)4-2-3-9-14-10-16/h12H,2-9H2,1H3. The third-order valence-corrected chi connectivity index (χ3v) is 3.69. The number of rotatable bonds is 6. The van der Waals surface area contributed by atoms with E-state index in [1.165, 1.54) is 6.42 Å². The van der Waals surface area contributed by atoms with Crippen LogP contribution in [0.4, 0.5) is 0 Å². The van der Waals surface area contributed by atoms with Gasteiger partial charge in [-0.05, 0) is 44.9 Å². The normalized spacial score (nSPS) is 27.9. The molecule has 0 radical (unpaired) electrons. The summed E-state index contributed by atoms with van der Waals surface area (Å²) in [7, 11) is 0. The van der Waals surface area contributed by atoms with Gasteiger partial charge >= 0.3 is 0 Å². The number of hydrogen-bond acceptors (Lipinski definition) is 4. The van der Waals surface area contributed by atoms with Crippen molar-refractivity contribution in [1.82, 2.24) is 0 Å². The molecule has 0 atom stereocenters. The van der Waals surface area contributed by atoms with E-state index in [1.807, 2.05) is 6.92 Å². The predicted octanol–water partition coefficient (Wildman–Crippen LogP) is 2.78. The molecule has 0 N–H and O–H groups in total. The van der Waals surface area contributed by atoms with Gasteiger partial charge in [-0.2, -0.15) is 4.99 Å². The maximum absolute atomic E-state index is 10.3. The quantitative estimate of drug-likeness (QED) is 0.404. The van der Waals surface area contributed by atoms with E-state index in [4.69, 9.17) is 0 Å². The van der Waals surface area contributed by atoms with Gasteiger partial charge in [0.25, 0.3) is 0 Å². The minimum absolute atomic E-state index is 0.167. The van der Waals surface area contributed by atoms with Crippen LogP contribution in [0.1, 0.15) is 51.9 Å². The minimum Gasteiger partial charge on any atom is -0.211 e. The molecular formula is C13H20N2O2. The van der Waals surface area contributed by atoms with Crippen molar-refractivity contribution >= 4 is 12.2 Å². The van der Waals surface area contributed by atoms with Gasteiger partial charge in [0.1, 0.15) is 0 Å². The Kier molecular flexibility index (Phi) is 5.82. The van der Waals surface area contributed by atoms with Crippen LogP contribution in [0.5, 0.6) is 0 Å². The van der Waals surface area contributed by atoms with Gasteiger partial charge in [0.15, 0.2) is 0 Å². The molecule has 1 rings (SSSR count). The van der Waals surface area contributed by atoms with Crippen LogP contribution in [0.2, 0.25) is 0 Å². The highest BCUT2D eigenvalue weighted by molar-refractivity contribution is 5.34. The second-order valence-corrected chi connectivity index (χ2v) is 5.11. The highest BCUT2D eigenvalue weighted by Crippen LogP contribution is 2.36. The molecule has 0 unspecified atom stereocenters. The molecule has 0 bridgehead atoms. The predicted molar refractivity (Wildman–Crippen MR) is 65.3 cm³/mol. The van der Waals surface area contributed by atoms with Crippen molar-refractivity contribution in [2.24, 2.45) is 15.9 Å². The van der Waals surface area contributed by atoms with E-state index in [9.17, 15) is 9.59 Å². The summed E-state index contributed by atoms with van der Waals surface area (Å²) in [4.78, 5) is 27.6. The van der Waals surface area contributed by atoms with Crippen molar-refractivity contribution in [2.75, 3.05) is 6.54 Å². The maximum Gasteiger partial charge on any atom is 0.235 e. The molecular weight excluding hydrogens is 216 g/mol. The maximum atomic E-state index is 10.3. The lowest BCUT2D eigenvalue weighted by Crippen LogP contribution is -2.28. The van der Waals surface area contributed by atoms with Gasteiger partial charge in [0.2, 0.25) is 12.2 Å². The lowest BCUT2D eigenvalue weighted by Gasteiger charge is -2.33. The Balaban J connectivity index is 2.19. The Hall–Kier alpha value is -1.24. The van der Waals surface area contributed by atoms with Gasteiger partial charge in [-0.15, -0.1) is 0 Å². The van der Waals surface area contributed by atoms with E-state index in [1.54, 1.807) is 12.2 Å². The summed E-state index contributed by atoms with van der Waals surface area (Å²) in [5, 5.41) is 0. The Morgan fingerprint density at radius 3 is 2.47 bits per heavy atom. The molecule has 0 aromatic heterocycles. The fourth-order valence-electron chi connectivity index (χ4n) is 2.48. The van der Waals surface area contributed by atoms with E-state index in [-0.39, 0.29) is 5.54 Å². The molecule has 0 aliphatic heterocycles. The van der Waals surface area contributed by atoms with Gasteiger partial charge in [-0.1, -0.05) is 12.8 Å². The number of aliphatic imine (C=N–C) groups is 2. The zero-order valence-electron chi connectivity index (χ0n) is 10.4. The summed E-state index contributed by atoms with van der Waals surface area (Å²) in [5.74, 6) is 0.741. The number of carbonyl (C=O) groups excluding carboxylic acids is 2. The highest BCUT2D eigenvalue weighted by atomic mass is 16.1. The van der Waals surface area contributed by atoms with Crippen LogP contribution >= 0.6 is 0 Å². The van der Waals surface area contributed by atoms with Crippen molar-refractivity contribution in [3.63, 3.8) is 0 Å². The van der Waals surface area contributed by atoms with Crippen molar-refractivity contribution in [1.29, 1.82) is 0 Å². The number of unbranched alkanes of at least 4 members (excludes halogenated alkanes) is 1. The molecule has 1 saturated carbocycles. The molecule has 0 saturated heterocycles. The molecule has 0 heterocycles. The molecule has 0 aromatic rings. The van der Waals surface area contributed by atoms with Gasteiger partial charge < -0.3 is 0 Å². The molecule has 4 nitrogen and oxygen atoms in total. The van der Waals surface area contributed by atoms with E-state index in [2.05, 4.69) is 9.98 Å². The molecule has 4 heteroatoms. The number of nitrogens with zero attached hydrogens (tertiary/aromatic N) is 2. The summed E-state index contributed by atoms with van der Waals surface area (Å²) in [6, 6.07) is 0. The van der Waals surface area contributed by atoms with Crippen LogP contribution in [0, 0.1) is 5.92 Å². The summed E-state index contributed by atoms with van der Waals surface area (Å²) < 4.78 is 0. The van der Waals surface area contributed by atoms with Gasteiger partial charge in [-0.25, -0.2) is 14.6 Å². The lowest BCUT2D eigenvalue weighted by atomic mass is 9.76. The average molecular weight is 236 g/mol. The third-order valence-electron chi connectivity index (χ3n) is 3.69. The molecule has 0 amide bonds. The summed E-state index contributed by atoms with van der Waals surface area (Å²) in [6.45, 7) is 2.64. The number of isocyanates is 2. The SMILES string of the molecule is CC1(N=C=O)CCC(CCCCN=C=O)CC1. The first-order valence-electron chi connectivity index (χ1n) is 6.33. The Morgan fingerprint density at radius 1 is 1.18 bits per heavy atom. The Morgan fingerprint density at radius 2 is 1.88 bits per heavy atom. The highest BCUT2D eigenvalue weighted by Gasteiger charge is 2.30. The molecule has 1 aliphatic carbocycles. The molecule has 1 fully saturated rings. The second-order valence-electron chi connectivity index (χ2n) is 5.11. The van der Waals surface area contributed by atoms with Crippen LogP contribution in [0.3, 0.4) is 0 Å². The minimum atomic E-state index is -0.167. The second kappa shape index (κ2) is 7.16. The van der Waals surface area contributed by atoms with Gasteiger partial charge in [-0.3, -0.25) is 0 Å². The summed E-state index contributed by atoms with van der Waals surface area (Å²) >= 11 is 0. The third kappa shape index (κ3) is 5.08. The van der Waals surface area contributed by atoms with E-state index in [0.717, 1.165) is 44.4 Å². The van der Waals surface area contributed by atoms with Crippen molar-refractivity contribution in [2.45, 2.75) is 57.4 Å². The Labute approximate surface area is 102 Å². The lowest BCUT2D eigenvalue weighted by molar-refractivity contribution is 0.239. The van der Waals surface area contributed by atoms with Crippen LogP contribution in [-0.4, -0.2) is 24.2 Å². The van der Waals surface area contributed by atoms with Crippen LogP contribution in [0.15, 0.2) is 9.98 Å². The monoisotopic (exact) mass is 236 g/mol. The average Bonchev–Trinajstić information content (AvgIpc) is 2.32. The molecule has 94 valence electrons. The fraction of sp³-hybridized carbons (Fsp3) is 0.846. The summed E-state index contributed by atoms with van der Waals surface area (Å²) in [6.07, 6.45) is 10.8. The number of hydrogen-bond donors (Lipinski definition) is 0. The first kappa shape index (κ1) is 13.8. The molecule has 0 aromatic carbocycles. The van der Waals surface area contributed by atoms with Crippen molar-refractivity contribution < 1.29 is 9.59 Å². The topological polar surface area (TPSA) is 58.9 Å². The van der Waals surface area contributed by atoms with Crippen LogP contribution in [-0.2, 0) is 9.59 Å². The fourth-order valence-corrected chi connectivity index (χ4v) is 2.48. The van der Waals surface area contributed by atoms with E-state index < -0.39 is 0 Å². The van der Waals surface area contributed by atoms with Crippen LogP contribution < -0.4 is 0 Å².